The number of carboxylic acid groups (broad SMARTS) is 1. The molecule has 0 saturated carbocycles. The first-order valence-electron chi connectivity index (χ1n) is 9.65. The molecular weight excluding hydrogens is 393 g/mol. The third-order valence-electron chi connectivity index (χ3n) is 5.29. The van der Waals surface area contributed by atoms with Gasteiger partial charge in [0.05, 0.1) is 23.7 Å². The van der Waals surface area contributed by atoms with Gasteiger partial charge in [-0.1, -0.05) is 43.3 Å². The number of carboxylic acids is 1. The number of aromatic nitrogens is 1. The molecule has 2 aromatic rings. The molecule has 3 N–H and O–H groups in total. The third-order valence-corrected chi connectivity index (χ3v) is 5.29. The van der Waals surface area contributed by atoms with E-state index in [9.17, 15) is 19.1 Å². The number of hydrogen-bond acceptors (Lipinski definition) is 6. The summed E-state index contributed by atoms with van der Waals surface area (Å²) in [7, 11) is 0. The number of nitrogens with zero attached hydrogens (tertiary/aromatic N) is 2. The summed E-state index contributed by atoms with van der Waals surface area (Å²) in [5.41, 5.74) is 0.396. The number of hydrogen-bond donors (Lipinski definition) is 3. The molecule has 0 bridgehead atoms. The molecule has 0 spiro atoms. The van der Waals surface area contributed by atoms with Crippen LogP contribution in [0.3, 0.4) is 0 Å². The van der Waals surface area contributed by atoms with Crippen LogP contribution < -0.4 is 5.32 Å². The van der Waals surface area contributed by atoms with Crippen molar-refractivity contribution in [2.75, 3.05) is 6.67 Å². The molecule has 1 amide bonds. The first-order valence-corrected chi connectivity index (χ1v) is 9.65. The number of carbonyl (C=O) groups excluding carboxylic acids is 1. The Hall–Kier alpha value is -3.07. The fourth-order valence-electron chi connectivity index (χ4n) is 3.38. The van der Waals surface area contributed by atoms with Crippen molar-refractivity contribution in [3.05, 3.63) is 42.1 Å². The molecule has 0 fully saturated rings. The van der Waals surface area contributed by atoms with E-state index in [-0.39, 0.29) is 12.3 Å². The molecule has 0 aliphatic carbocycles. The summed E-state index contributed by atoms with van der Waals surface area (Å²) in [6.45, 7) is 2.35. The molecule has 160 valence electrons. The van der Waals surface area contributed by atoms with Gasteiger partial charge >= 0.3 is 5.97 Å². The quantitative estimate of drug-likeness (QED) is 0.604. The molecule has 9 heteroatoms. The Bertz CT molecular complexity index is 980. The van der Waals surface area contributed by atoms with Gasteiger partial charge in [-0.15, -0.1) is 0 Å². The Balaban J connectivity index is 1.83. The van der Waals surface area contributed by atoms with Crippen LogP contribution in [-0.2, 0) is 14.4 Å². The molecule has 2 heterocycles. The van der Waals surface area contributed by atoms with Crippen molar-refractivity contribution in [3.63, 3.8) is 0 Å². The average molecular weight is 417 g/mol. The van der Waals surface area contributed by atoms with Crippen molar-refractivity contribution < 1.29 is 29.0 Å². The SMILES string of the molecule is CC(C)[C@@]1(C(=O)NC(CC(=O)O)C(O)CF)CC(c2ccc3ccccc3n2)=NO1. The minimum absolute atomic E-state index is 0.105. The second-order valence-electron chi connectivity index (χ2n) is 7.64. The summed E-state index contributed by atoms with van der Waals surface area (Å²) >= 11 is 0. The van der Waals surface area contributed by atoms with Crippen LogP contribution in [0.1, 0.15) is 32.4 Å². The van der Waals surface area contributed by atoms with Crippen molar-refractivity contribution in [1.29, 1.82) is 0 Å². The molecule has 1 aliphatic heterocycles. The van der Waals surface area contributed by atoms with Crippen LogP contribution in [-0.4, -0.2) is 57.2 Å². The van der Waals surface area contributed by atoms with Gasteiger partial charge in [0.15, 0.2) is 0 Å². The smallest absolute Gasteiger partial charge is 0.305 e. The van der Waals surface area contributed by atoms with Crippen LogP contribution in [0.5, 0.6) is 0 Å². The highest BCUT2D eigenvalue weighted by atomic mass is 19.1. The van der Waals surface area contributed by atoms with Crippen molar-refractivity contribution in [2.45, 2.75) is 44.4 Å². The number of para-hydroxylation sites is 1. The minimum Gasteiger partial charge on any atom is -0.481 e. The maximum Gasteiger partial charge on any atom is 0.305 e. The number of nitrogens with one attached hydrogen (secondary N) is 1. The topological polar surface area (TPSA) is 121 Å². The number of fused-ring (bicyclic) bond motifs is 1. The maximum absolute atomic E-state index is 13.1. The van der Waals surface area contributed by atoms with Gasteiger partial charge < -0.3 is 20.4 Å². The van der Waals surface area contributed by atoms with Gasteiger partial charge in [-0.25, -0.2) is 9.37 Å². The molecule has 1 aromatic carbocycles. The Kier molecular flexibility index (Phi) is 6.31. The first kappa shape index (κ1) is 21.6. The van der Waals surface area contributed by atoms with Crippen LogP contribution in [0.4, 0.5) is 4.39 Å². The van der Waals surface area contributed by atoms with Gasteiger partial charge in [0.1, 0.15) is 18.5 Å². The summed E-state index contributed by atoms with van der Waals surface area (Å²) in [5.74, 6) is -2.26. The summed E-state index contributed by atoms with van der Waals surface area (Å²) in [6.07, 6.45) is -2.16. The second kappa shape index (κ2) is 8.74. The monoisotopic (exact) mass is 417 g/mol. The molecule has 1 aromatic heterocycles. The van der Waals surface area contributed by atoms with E-state index >= 15 is 0 Å². The Morgan fingerprint density at radius 1 is 1.27 bits per heavy atom. The van der Waals surface area contributed by atoms with Crippen molar-refractivity contribution in [3.8, 4) is 0 Å². The molecule has 0 radical (unpaired) electrons. The predicted molar refractivity (Wildman–Crippen MR) is 108 cm³/mol. The highest BCUT2D eigenvalue weighted by molar-refractivity contribution is 6.05. The molecule has 8 nitrogen and oxygen atoms in total. The van der Waals surface area contributed by atoms with Gasteiger partial charge in [0.25, 0.3) is 5.91 Å². The van der Waals surface area contributed by atoms with Crippen molar-refractivity contribution in [1.82, 2.24) is 10.3 Å². The number of rotatable bonds is 8. The largest absolute Gasteiger partial charge is 0.481 e. The van der Waals surface area contributed by atoms with Crippen molar-refractivity contribution >= 4 is 28.5 Å². The number of benzene rings is 1. The highest BCUT2D eigenvalue weighted by Gasteiger charge is 2.50. The lowest BCUT2D eigenvalue weighted by Crippen LogP contribution is -2.56. The van der Waals surface area contributed by atoms with Crippen molar-refractivity contribution in [2.24, 2.45) is 11.1 Å². The molecule has 2 unspecified atom stereocenters. The molecule has 30 heavy (non-hydrogen) atoms. The number of aliphatic hydroxyl groups is 1. The van der Waals surface area contributed by atoms with E-state index in [1.165, 1.54) is 0 Å². The lowest BCUT2D eigenvalue weighted by atomic mass is 9.83. The fourth-order valence-corrected chi connectivity index (χ4v) is 3.38. The van der Waals surface area contributed by atoms with Gasteiger partial charge in [0.2, 0.25) is 5.60 Å². The average Bonchev–Trinajstić information content (AvgIpc) is 3.19. The maximum atomic E-state index is 13.1. The molecule has 0 saturated heterocycles. The van der Waals surface area contributed by atoms with E-state index in [1.807, 2.05) is 30.3 Å². The van der Waals surface area contributed by atoms with E-state index in [1.54, 1.807) is 19.9 Å². The first-order chi connectivity index (χ1) is 14.3. The van der Waals surface area contributed by atoms with Crippen LogP contribution >= 0.6 is 0 Å². The predicted octanol–water partition coefficient (Wildman–Crippen LogP) is 2.04. The number of alkyl halides is 1. The van der Waals surface area contributed by atoms with Crippen LogP contribution in [0, 0.1) is 5.92 Å². The van der Waals surface area contributed by atoms with E-state index < -0.39 is 42.7 Å². The van der Waals surface area contributed by atoms with Gasteiger partial charge in [0, 0.05) is 17.7 Å². The summed E-state index contributed by atoms with van der Waals surface area (Å²) in [6, 6.07) is 9.98. The van der Waals surface area contributed by atoms with Gasteiger partial charge in [-0.2, -0.15) is 0 Å². The Labute approximate surface area is 172 Å². The van der Waals surface area contributed by atoms with Crippen LogP contribution in [0.2, 0.25) is 0 Å². The second-order valence-corrected chi connectivity index (χ2v) is 7.64. The van der Waals surface area contributed by atoms with E-state index in [4.69, 9.17) is 9.94 Å². The number of amides is 1. The zero-order chi connectivity index (χ0) is 21.9. The normalized spacial score (nSPS) is 20.5. The lowest BCUT2D eigenvalue weighted by Gasteiger charge is -2.32. The van der Waals surface area contributed by atoms with Crippen LogP contribution in [0.25, 0.3) is 10.9 Å². The summed E-state index contributed by atoms with van der Waals surface area (Å²) in [5, 5.41) is 26.3. The Morgan fingerprint density at radius 3 is 2.67 bits per heavy atom. The van der Waals surface area contributed by atoms with E-state index in [2.05, 4.69) is 15.5 Å². The standard InChI is InChI=1S/C21H24FN3O5/c1-12(2)21(20(29)24-16(9-19(27)28)18(26)11-22)10-17(25-30-21)15-8-7-13-5-3-4-6-14(13)23-15/h3-8,12,16,18,26H,9-11H2,1-2H3,(H,24,29)(H,27,28)/t16?,18?,21-/m1/s1. The highest BCUT2D eigenvalue weighted by Crippen LogP contribution is 2.34. The zero-order valence-corrected chi connectivity index (χ0v) is 16.7. The molecule has 3 atom stereocenters. The molecule has 3 rings (SSSR count). The van der Waals surface area contributed by atoms with Crippen LogP contribution in [0.15, 0.2) is 41.6 Å². The summed E-state index contributed by atoms with van der Waals surface area (Å²) in [4.78, 5) is 34.2. The fraction of sp³-hybridized carbons (Fsp3) is 0.429. The summed E-state index contributed by atoms with van der Waals surface area (Å²) < 4.78 is 12.9. The van der Waals surface area contributed by atoms with Gasteiger partial charge in [-0.05, 0) is 12.1 Å². The third kappa shape index (κ3) is 4.25. The van der Waals surface area contributed by atoms with E-state index in [0.717, 1.165) is 10.9 Å². The lowest BCUT2D eigenvalue weighted by molar-refractivity contribution is -0.152. The number of aliphatic carboxylic acids is 1. The number of aliphatic hydroxyl groups excluding tert-OH is 1. The number of halogens is 1. The Morgan fingerprint density at radius 2 is 2.00 bits per heavy atom. The molecule has 1 aliphatic rings. The zero-order valence-electron chi connectivity index (χ0n) is 16.7. The minimum atomic E-state index is -1.64. The molecular formula is C21H24FN3O5. The number of oxime groups is 1. The number of carbonyl (C=O) groups is 2. The number of pyridine rings is 1. The van der Waals surface area contributed by atoms with Gasteiger partial charge in [-0.3, -0.25) is 9.59 Å². The van der Waals surface area contributed by atoms with E-state index in [0.29, 0.717) is 11.4 Å².